The van der Waals surface area contributed by atoms with Gasteiger partial charge in [0.05, 0.1) is 10.5 Å². The van der Waals surface area contributed by atoms with Gasteiger partial charge < -0.3 is 4.90 Å². The normalized spacial score (nSPS) is 18.2. The number of nitrogens with zero attached hydrogens (tertiary/aromatic N) is 2. The molecule has 2 fully saturated rings. The average molecular weight is 492 g/mol. The largest absolute Gasteiger partial charge is 0.337 e. The molecule has 1 N–H and O–H groups in total. The number of nitrogens with one attached hydrogen (secondary N) is 1. The summed E-state index contributed by atoms with van der Waals surface area (Å²) in [5.41, 5.74) is 1.66. The number of benzene rings is 2. The van der Waals surface area contributed by atoms with Gasteiger partial charge >= 0.3 is 0 Å². The molecule has 160 valence electrons. The van der Waals surface area contributed by atoms with Gasteiger partial charge in [0.15, 0.2) is 0 Å². The van der Waals surface area contributed by atoms with Crippen molar-refractivity contribution in [3.05, 3.63) is 64.1 Å². The molecule has 0 bridgehead atoms. The molecule has 1 aliphatic heterocycles. The molecule has 0 aromatic heterocycles. The molecule has 8 heteroatoms. The topological polar surface area (TPSA) is 69.7 Å². The van der Waals surface area contributed by atoms with Crippen molar-refractivity contribution >= 4 is 31.9 Å². The van der Waals surface area contributed by atoms with E-state index in [9.17, 15) is 13.2 Å². The molecule has 0 spiro atoms. The number of hydrogen-bond donors (Lipinski definition) is 1. The SMILES string of the molecule is O=C(c1cc(S(=O)(=O)NC2CC2)ccc1Br)N1CCCN(Cc2ccccc2)CC1. The van der Waals surface area contributed by atoms with E-state index in [4.69, 9.17) is 0 Å². The minimum atomic E-state index is -3.60. The Labute approximate surface area is 186 Å². The first-order chi connectivity index (χ1) is 14.4. The summed E-state index contributed by atoms with van der Waals surface area (Å²) in [5, 5.41) is 0. The van der Waals surface area contributed by atoms with E-state index in [-0.39, 0.29) is 16.8 Å². The molecule has 0 radical (unpaired) electrons. The number of carbonyl (C=O) groups excluding carboxylic acids is 1. The number of sulfonamides is 1. The monoisotopic (exact) mass is 491 g/mol. The summed E-state index contributed by atoms with van der Waals surface area (Å²) in [7, 11) is -3.60. The van der Waals surface area contributed by atoms with Crippen LogP contribution in [0.25, 0.3) is 0 Å². The molecule has 1 heterocycles. The molecule has 1 aliphatic carbocycles. The van der Waals surface area contributed by atoms with Gasteiger partial charge in [-0.05, 0) is 59.0 Å². The van der Waals surface area contributed by atoms with E-state index in [1.165, 1.54) is 17.7 Å². The van der Waals surface area contributed by atoms with Crippen LogP contribution in [0.5, 0.6) is 0 Å². The molecule has 0 unspecified atom stereocenters. The molecule has 1 amide bonds. The second-order valence-corrected chi connectivity index (χ2v) is 10.5. The summed E-state index contributed by atoms with van der Waals surface area (Å²) in [6.45, 7) is 3.87. The Hall–Kier alpha value is -1.74. The standard InChI is InChI=1S/C22H26BrN3O3S/c23-21-10-9-19(30(28,29)24-18-7-8-18)15-20(21)22(27)26-12-4-11-25(13-14-26)16-17-5-2-1-3-6-17/h1-3,5-6,9-10,15,18,24H,4,7-8,11-14,16H2. The zero-order valence-corrected chi connectivity index (χ0v) is 19.2. The van der Waals surface area contributed by atoms with E-state index in [0.717, 1.165) is 38.9 Å². The van der Waals surface area contributed by atoms with Crippen molar-refractivity contribution in [2.75, 3.05) is 26.2 Å². The Balaban J connectivity index is 1.45. The maximum Gasteiger partial charge on any atom is 0.255 e. The average Bonchev–Trinajstić information content (AvgIpc) is 3.56. The van der Waals surface area contributed by atoms with Gasteiger partial charge in [-0.15, -0.1) is 0 Å². The lowest BCUT2D eigenvalue weighted by Crippen LogP contribution is -2.35. The summed E-state index contributed by atoms with van der Waals surface area (Å²) in [6.07, 6.45) is 2.63. The van der Waals surface area contributed by atoms with Gasteiger partial charge in [-0.25, -0.2) is 13.1 Å². The fraction of sp³-hybridized carbons (Fsp3) is 0.409. The summed E-state index contributed by atoms with van der Waals surface area (Å²) < 4.78 is 28.4. The Morgan fingerprint density at radius 1 is 1.03 bits per heavy atom. The smallest absolute Gasteiger partial charge is 0.255 e. The van der Waals surface area contributed by atoms with Gasteiger partial charge in [0.1, 0.15) is 0 Å². The van der Waals surface area contributed by atoms with Crippen LogP contribution in [-0.4, -0.2) is 56.3 Å². The van der Waals surface area contributed by atoms with Crippen LogP contribution >= 0.6 is 15.9 Å². The van der Waals surface area contributed by atoms with Gasteiger partial charge in [-0.2, -0.15) is 0 Å². The van der Waals surface area contributed by atoms with E-state index in [0.29, 0.717) is 23.1 Å². The molecular formula is C22H26BrN3O3S. The van der Waals surface area contributed by atoms with Gasteiger partial charge in [-0.1, -0.05) is 30.3 Å². The van der Waals surface area contributed by atoms with Crippen LogP contribution in [-0.2, 0) is 16.6 Å². The van der Waals surface area contributed by atoms with Gasteiger partial charge in [0.25, 0.3) is 5.91 Å². The molecule has 2 aromatic carbocycles. The summed E-state index contributed by atoms with van der Waals surface area (Å²) in [6, 6.07) is 15.0. The number of rotatable bonds is 6. The zero-order chi connectivity index (χ0) is 21.1. The third kappa shape index (κ3) is 5.29. The second-order valence-electron chi connectivity index (χ2n) is 7.94. The van der Waals surface area contributed by atoms with Crippen LogP contribution in [0, 0.1) is 0 Å². The molecule has 1 saturated heterocycles. The van der Waals surface area contributed by atoms with Crippen LogP contribution in [0.4, 0.5) is 0 Å². The second kappa shape index (κ2) is 9.18. The third-order valence-electron chi connectivity index (χ3n) is 5.50. The highest BCUT2D eigenvalue weighted by Crippen LogP contribution is 2.26. The van der Waals surface area contributed by atoms with Crippen molar-refractivity contribution in [3.8, 4) is 0 Å². The zero-order valence-electron chi connectivity index (χ0n) is 16.8. The molecule has 2 aliphatic rings. The van der Waals surface area contributed by atoms with Gasteiger partial charge in [-0.3, -0.25) is 9.69 Å². The van der Waals surface area contributed by atoms with Gasteiger partial charge in [0.2, 0.25) is 10.0 Å². The molecule has 4 rings (SSSR count). The van der Waals surface area contributed by atoms with Crippen molar-refractivity contribution < 1.29 is 13.2 Å². The number of hydrogen-bond acceptors (Lipinski definition) is 4. The molecule has 30 heavy (non-hydrogen) atoms. The summed E-state index contributed by atoms with van der Waals surface area (Å²) in [4.78, 5) is 17.5. The Bertz CT molecular complexity index is 1010. The first-order valence-corrected chi connectivity index (χ1v) is 12.6. The highest BCUT2D eigenvalue weighted by Gasteiger charge is 2.29. The minimum absolute atomic E-state index is 0.0269. The van der Waals surface area contributed by atoms with E-state index < -0.39 is 10.0 Å². The predicted octanol–water partition coefficient (Wildman–Crippen LogP) is 3.24. The third-order valence-corrected chi connectivity index (χ3v) is 7.71. The number of amides is 1. The van der Waals surface area contributed by atoms with E-state index in [2.05, 4.69) is 37.7 Å². The van der Waals surface area contributed by atoms with Crippen molar-refractivity contribution in [2.45, 2.75) is 36.7 Å². The van der Waals surface area contributed by atoms with E-state index in [1.807, 2.05) is 23.1 Å². The number of halogens is 1. The highest BCUT2D eigenvalue weighted by atomic mass is 79.9. The quantitative estimate of drug-likeness (QED) is 0.673. The van der Waals surface area contributed by atoms with Crippen LogP contribution in [0.2, 0.25) is 0 Å². The van der Waals surface area contributed by atoms with Crippen LogP contribution in [0.15, 0.2) is 57.9 Å². The van der Waals surface area contributed by atoms with Crippen molar-refractivity contribution in [1.82, 2.24) is 14.5 Å². The minimum Gasteiger partial charge on any atom is -0.337 e. The number of carbonyl (C=O) groups is 1. The summed E-state index contributed by atoms with van der Waals surface area (Å²) in [5.74, 6) is -0.132. The first-order valence-electron chi connectivity index (χ1n) is 10.3. The molecular weight excluding hydrogens is 466 g/mol. The molecule has 1 saturated carbocycles. The maximum absolute atomic E-state index is 13.2. The van der Waals surface area contributed by atoms with E-state index in [1.54, 1.807) is 6.07 Å². The van der Waals surface area contributed by atoms with Crippen molar-refractivity contribution in [3.63, 3.8) is 0 Å². The fourth-order valence-electron chi connectivity index (χ4n) is 3.67. The van der Waals surface area contributed by atoms with Crippen molar-refractivity contribution in [1.29, 1.82) is 0 Å². The van der Waals surface area contributed by atoms with Gasteiger partial charge in [0, 0.05) is 43.2 Å². The predicted molar refractivity (Wildman–Crippen MR) is 120 cm³/mol. The Morgan fingerprint density at radius 2 is 1.80 bits per heavy atom. The van der Waals surface area contributed by atoms with Crippen molar-refractivity contribution in [2.24, 2.45) is 0 Å². The highest BCUT2D eigenvalue weighted by molar-refractivity contribution is 9.10. The Kier molecular flexibility index (Phi) is 6.57. The lowest BCUT2D eigenvalue weighted by molar-refractivity contribution is 0.0760. The molecule has 6 nitrogen and oxygen atoms in total. The van der Waals surface area contributed by atoms with Crippen LogP contribution in [0.3, 0.4) is 0 Å². The maximum atomic E-state index is 13.2. The summed E-state index contributed by atoms with van der Waals surface area (Å²) >= 11 is 3.43. The molecule has 2 aromatic rings. The molecule has 0 atom stereocenters. The van der Waals surface area contributed by atoms with Crippen LogP contribution < -0.4 is 4.72 Å². The first kappa shape index (κ1) is 21.5. The van der Waals surface area contributed by atoms with Crippen LogP contribution in [0.1, 0.15) is 35.2 Å². The fourth-order valence-corrected chi connectivity index (χ4v) is 5.42. The Morgan fingerprint density at radius 3 is 2.53 bits per heavy atom. The lowest BCUT2D eigenvalue weighted by atomic mass is 10.2. The lowest BCUT2D eigenvalue weighted by Gasteiger charge is -2.23. The van der Waals surface area contributed by atoms with E-state index >= 15 is 0 Å².